The van der Waals surface area contributed by atoms with Gasteiger partial charge in [-0.3, -0.25) is 4.79 Å². The van der Waals surface area contributed by atoms with Crippen molar-refractivity contribution in [2.45, 2.75) is 19.6 Å². The first-order valence-corrected chi connectivity index (χ1v) is 8.45. The monoisotopic (exact) mass is 347 g/mol. The molecule has 0 bridgehead atoms. The van der Waals surface area contributed by atoms with Gasteiger partial charge in [0, 0.05) is 13.2 Å². The van der Waals surface area contributed by atoms with Gasteiger partial charge in [0.25, 0.3) is 5.91 Å². The third-order valence-electron chi connectivity index (χ3n) is 4.29. The maximum Gasteiger partial charge on any atom is 0.257 e. The molecule has 1 heterocycles. The molecule has 1 aromatic heterocycles. The quantitative estimate of drug-likeness (QED) is 0.679. The number of nitrogens with zero attached hydrogens (tertiary/aromatic N) is 3. The number of carbonyl (C=O) groups excluding carboxylic acids is 1. The van der Waals surface area contributed by atoms with Gasteiger partial charge >= 0.3 is 0 Å². The average molecular weight is 347 g/mol. The fraction of sp³-hybridized carbons (Fsp3) is 0.190. The molecule has 5 heteroatoms. The third-order valence-corrected chi connectivity index (χ3v) is 4.29. The van der Waals surface area contributed by atoms with Crippen LogP contribution in [0, 0.1) is 0 Å². The molecule has 26 heavy (non-hydrogen) atoms. The Balaban J connectivity index is 1.77. The van der Waals surface area contributed by atoms with E-state index < -0.39 is 0 Å². The first kappa shape index (κ1) is 17.6. The molecule has 0 aliphatic rings. The summed E-state index contributed by atoms with van der Waals surface area (Å²) in [5.74, 6) is 0.461. The zero-order valence-corrected chi connectivity index (χ0v) is 14.9. The van der Waals surface area contributed by atoms with Gasteiger partial charge in [-0.1, -0.05) is 42.5 Å². The highest BCUT2D eigenvalue weighted by Gasteiger charge is 2.22. The van der Waals surface area contributed by atoms with Gasteiger partial charge in [0.05, 0.1) is 17.3 Å². The summed E-state index contributed by atoms with van der Waals surface area (Å²) >= 11 is 0. The highest BCUT2D eigenvalue weighted by Crippen LogP contribution is 2.24. The van der Waals surface area contributed by atoms with Crippen molar-refractivity contribution in [3.8, 4) is 5.75 Å². The highest BCUT2D eigenvalue weighted by atomic mass is 16.5. The number of amides is 1. The normalized spacial score (nSPS) is 11.6. The molecule has 1 unspecified atom stereocenters. The van der Waals surface area contributed by atoms with Gasteiger partial charge in [-0.15, -0.1) is 0 Å². The molecule has 0 N–H and O–H groups in total. The fourth-order valence-corrected chi connectivity index (χ4v) is 2.62. The molecule has 0 radical (unpaired) electrons. The maximum atomic E-state index is 13.0. The van der Waals surface area contributed by atoms with Gasteiger partial charge in [0.2, 0.25) is 0 Å². The number of aromatic nitrogens is 2. The molecule has 2 aromatic carbocycles. The summed E-state index contributed by atoms with van der Waals surface area (Å²) in [4.78, 5) is 22.8. The van der Waals surface area contributed by atoms with Gasteiger partial charge in [-0.05, 0) is 30.7 Å². The number of para-hydroxylation sites is 1. The van der Waals surface area contributed by atoms with Crippen LogP contribution in [0.2, 0.25) is 0 Å². The average Bonchev–Trinajstić information content (AvgIpc) is 2.72. The summed E-state index contributed by atoms with van der Waals surface area (Å²) in [6, 6.07) is 18.8. The second-order valence-electron chi connectivity index (χ2n) is 6.00. The lowest BCUT2D eigenvalue weighted by Gasteiger charge is -2.25. The first-order valence-electron chi connectivity index (χ1n) is 8.45. The van der Waals surface area contributed by atoms with Crippen molar-refractivity contribution < 1.29 is 9.53 Å². The molecule has 0 aliphatic heterocycles. The van der Waals surface area contributed by atoms with E-state index in [0.717, 1.165) is 11.3 Å². The SMILES string of the molecule is CC(c1ccncn1)N(C)C(=O)c1ccccc1OCc1ccccc1. The zero-order chi connectivity index (χ0) is 18.4. The van der Waals surface area contributed by atoms with Crippen molar-refractivity contribution in [1.29, 1.82) is 0 Å². The van der Waals surface area contributed by atoms with E-state index in [1.54, 1.807) is 24.2 Å². The van der Waals surface area contributed by atoms with Crippen LogP contribution in [0.1, 0.15) is 34.6 Å². The van der Waals surface area contributed by atoms with Crippen molar-refractivity contribution in [3.63, 3.8) is 0 Å². The molecule has 1 atom stereocenters. The van der Waals surface area contributed by atoms with Gasteiger partial charge in [0.1, 0.15) is 18.7 Å². The van der Waals surface area contributed by atoms with Gasteiger partial charge in [-0.25, -0.2) is 9.97 Å². The summed E-state index contributed by atoms with van der Waals surface area (Å²) < 4.78 is 5.91. The highest BCUT2D eigenvalue weighted by molar-refractivity contribution is 5.97. The Morgan fingerprint density at radius 1 is 1.08 bits per heavy atom. The van der Waals surface area contributed by atoms with Crippen molar-refractivity contribution >= 4 is 5.91 Å². The Labute approximate surface area is 153 Å². The smallest absolute Gasteiger partial charge is 0.257 e. The van der Waals surface area contributed by atoms with E-state index >= 15 is 0 Å². The molecular formula is C21H21N3O2. The number of hydrogen-bond acceptors (Lipinski definition) is 4. The number of ether oxygens (including phenoxy) is 1. The van der Waals surface area contributed by atoms with E-state index in [1.807, 2.05) is 61.5 Å². The Morgan fingerprint density at radius 2 is 1.81 bits per heavy atom. The molecule has 0 fully saturated rings. The Morgan fingerprint density at radius 3 is 2.54 bits per heavy atom. The minimum Gasteiger partial charge on any atom is -0.488 e. The predicted octanol–water partition coefficient (Wildman–Crippen LogP) is 3.89. The molecule has 3 aromatic rings. The largest absolute Gasteiger partial charge is 0.488 e. The number of rotatable bonds is 6. The predicted molar refractivity (Wildman–Crippen MR) is 99.8 cm³/mol. The van der Waals surface area contributed by atoms with Crippen LogP contribution < -0.4 is 4.74 Å². The lowest BCUT2D eigenvalue weighted by Crippen LogP contribution is -2.30. The van der Waals surface area contributed by atoms with Crippen LogP contribution in [0.5, 0.6) is 5.75 Å². The van der Waals surface area contributed by atoms with Crippen LogP contribution >= 0.6 is 0 Å². The molecule has 0 saturated carbocycles. The van der Waals surface area contributed by atoms with Crippen LogP contribution in [0.15, 0.2) is 73.2 Å². The van der Waals surface area contributed by atoms with Crippen LogP contribution in [-0.4, -0.2) is 27.8 Å². The fourth-order valence-electron chi connectivity index (χ4n) is 2.62. The lowest BCUT2D eigenvalue weighted by molar-refractivity contribution is 0.0734. The summed E-state index contributed by atoms with van der Waals surface area (Å²) in [5, 5.41) is 0. The standard InChI is InChI=1S/C21H21N3O2/c1-16(19-12-13-22-15-23-19)24(2)21(25)18-10-6-7-11-20(18)26-14-17-8-4-3-5-9-17/h3-13,15-16H,14H2,1-2H3. The minimum atomic E-state index is -0.173. The van der Waals surface area contributed by atoms with E-state index in [9.17, 15) is 4.79 Å². The van der Waals surface area contributed by atoms with Crippen molar-refractivity contribution in [2.75, 3.05) is 7.05 Å². The molecule has 132 valence electrons. The van der Waals surface area contributed by atoms with E-state index in [4.69, 9.17) is 4.74 Å². The van der Waals surface area contributed by atoms with E-state index in [1.165, 1.54) is 6.33 Å². The van der Waals surface area contributed by atoms with Crippen LogP contribution in [0.25, 0.3) is 0 Å². The summed E-state index contributed by atoms with van der Waals surface area (Å²) in [7, 11) is 1.77. The lowest BCUT2D eigenvalue weighted by atomic mass is 10.1. The Hall–Kier alpha value is -3.21. The molecule has 5 nitrogen and oxygen atoms in total. The zero-order valence-electron chi connectivity index (χ0n) is 14.9. The first-order chi connectivity index (χ1) is 12.7. The molecule has 1 amide bonds. The molecule has 0 saturated heterocycles. The van der Waals surface area contributed by atoms with E-state index in [2.05, 4.69) is 9.97 Å². The van der Waals surface area contributed by atoms with Crippen molar-refractivity contribution in [3.05, 3.63) is 90.0 Å². The minimum absolute atomic E-state index is 0.111. The third kappa shape index (κ3) is 4.06. The summed E-state index contributed by atoms with van der Waals surface area (Å²) in [6.07, 6.45) is 3.16. The van der Waals surface area contributed by atoms with E-state index in [-0.39, 0.29) is 11.9 Å². The van der Waals surface area contributed by atoms with Gasteiger partial charge in [0.15, 0.2) is 0 Å². The van der Waals surface area contributed by atoms with Crippen LogP contribution in [0.4, 0.5) is 0 Å². The number of hydrogen-bond donors (Lipinski definition) is 0. The van der Waals surface area contributed by atoms with Crippen LogP contribution in [0.3, 0.4) is 0 Å². The molecule has 3 rings (SSSR count). The number of benzene rings is 2. The van der Waals surface area contributed by atoms with Crippen molar-refractivity contribution in [1.82, 2.24) is 14.9 Å². The molecular weight excluding hydrogens is 326 g/mol. The topological polar surface area (TPSA) is 55.3 Å². The second kappa shape index (κ2) is 8.25. The summed E-state index contributed by atoms with van der Waals surface area (Å²) in [6.45, 7) is 2.35. The second-order valence-corrected chi connectivity index (χ2v) is 6.00. The maximum absolute atomic E-state index is 13.0. The molecule has 0 spiro atoms. The van der Waals surface area contributed by atoms with Crippen molar-refractivity contribution in [2.24, 2.45) is 0 Å². The van der Waals surface area contributed by atoms with Crippen LogP contribution in [-0.2, 0) is 6.61 Å². The Bertz CT molecular complexity index is 853. The van der Waals surface area contributed by atoms with Gasteiger partial charge in [-0.2, -0.15) is 0 Å². The Kier molecular flexibility index (Phi) is 5.59. The van der Waals surface area contributed by atoms with E-state index in [0.29, 0.717) is 17.9 Å². The van der Waals surface area contributed by atoms with Gasteiger partial charge < -0.3 is 9.64 Å². The number of carbonyl (C=O) groups is 1. The summed E-state index contributed by atoms with van der Waals surface area (Å²) in [5.41, 5.74) is 2.38. The molecule has 0 aliphatic carbocycles.